The molecule has 5 rings (SSSR count). The van der Waals surface area contributed by atoms with Gasteiger partial charge in [-0.15, -0.1) is 0 Å². The minimum atomic E-state index is -0.498. The monoisotopic (exact) mass is 477 g/mol. The van der Waals surface area contributed by atoms with Gasteiger partial charge < -0.3 is 25.8 Å². The zero-order chi connectivity index (χ0) is 25.1. The van der Waals surface area contributed by atoms with Gasteiger partial charge in [-0.05, 0) is 41.0 Å². The van der Waals surface area contributed by atoms with E-state index in [1.807, 2.05) is 26.0 Å². The molecule has 2 fully saturated rings. The molecule has 3 aliphatic rings. The quantitative estimate of drug-likeness (QED) is 0.560. The molecule has 8 heteroatoms. The number of rotatable bonds is 7. The van der Waals surface area contributed by atoms with E-state index in [9.17, 15) is 14.4 Å². The fourth-order valence-electron chi connectivity index (χ4n) is 5.29. The number of hydrogen-bond donors (Lipinski definition) is 3. The molecular weight excluding hydrogens is 442 g/mol. The fourth-order valence-corrected chi connectivity index (χ4v) is 5.29. The number of amides is 2. The van der Waals surface area contributed by atoms with Crippen LogP contribution in [0.15, 0.2) is 41.3 Å². The van der Waals surface area contributed by atoms with Gasteiger partial charge in [0.25, 0.3) is 17.4 Å². The molecule has 1 aliphatic heterocycles. The average Bonchev–Trinajstić information content (AvgIpc) is 3.24. The molecule has 1 aromatic heterocycles. The molecule has 2 atom stereocenters. The Balaban J connectivity index is 0.00000141. The first-order valence-electron chi connectivity index (χ1n) is 12.5. The van der Waals surface area contributed by atoms with Crippen molar-refractivity contribution in [2.24, 2.45) is 17.6 Å². The second-order valence-corrected chi connectivity index (χ2v) is 9.13. The molecular formula is C27H35N5O3. The summed E-state index contributed by atoms with van der Waals surface area (Å²) >= 11 is 0. The Hall–Kier alpha value is -3.23. The molecule has 0 radical (unpaired) electrons. The second kappa shape index (κ2) is 10.6. The largest absolute Gasteiger partial charge is 0.355 e. The van der Waals surface area contributed by atoms with Crippen molar-refractivity contribution in [2.75, 3.05) is 33.2 Å². The van der Waals surface area contributed by atoms with Crippen molar-refractivity contribution in [2.45, 2.75) is 32.9 Å². The maximum atomic E-state index is 13.1. The van der Waals surface area contributed by atoms with Crippen LogP contribution >= 0.6 is 0 Å². The van der Waals surface area contributed by atoms with Crippen LogP contribution in [0.4, 0.5) is 0 Å². The average molecular weight is 478 g/mol. The molecule has 2 amide bonds. The highest BCUT2D eigenvalue weighted by Crippen LogP contribution is 2.45. The van der Waals surface area contributed by atoms with Crippen LogP contribution in [0.5, 0.6) is 0 Å². The van der Waals surface area contributed by atoms with Crippen LogP contribution in [0.3, 0.4) is 0 Å². The number of nitrogens with one attached hydrogen (secondary N) is 2. The number of fused-ring (bicyclic) bond motifs is 2. The highest BCUT2D eigenvalue weighted by molar-refractivity contribution is 5.99. The number of hydrogen-bond acceptors (Lipinski definition) is 5. The van der Waals surface area contributed by atoms with Gasteiger partial charge in [-0.3, -0.25) is 14.4 Å². The minimum absolute atomic E-state index is 0.0293. The number of nitrogens with two attached hydrogens (primary N) is 1. The standard InChI is InChI=1S/C25H29N5O3.C2H6/c1-27-24(32)19-10-17(23(31)28-22-20-13-29(9-8-26)14-21(20)22)12-30(25(19)33)11-16-6-2-4-15-5-3-7-18(15)16;1-2/h2-4,6-7,10,12,20-22H,5,8-9,11,13-14,26H2,1H3,(H,27,32)(H,28,31);1-2H3. The number of nitrogens with zero attached hydrogens (tertiary/aromatic N) is 2. The molecule has 4 N–H and O–H groups in total. The predicted molar refractivity (Wildman–Crippen MR) is 137 cm³/mol. The lowest BCUT2D eigenvalue weighted by molar-refractivity contribution is 0.0942. The summed E-state index contributed by atoms with van der Waals surface area (Å²) in [6.07, 6.45) is 6.60. The van der Waals surface area contributed by atoms with Gasteiger partial charge in [-0.1, -0.05) is 44.2 Å². The molecule has 0 spiro atoms. The minimum Gasteiger partial charge on any atom is -0.355 e. The van der Waals surface area contributed by atoms with E-state index >= 15 is 0 Å². The Bertz CT molecular complexity index is 1190. The molecule has 2 unspecified atom stereocenters. The zero-order valence-electron chi connectivity index (χ0n) is 20.7. The maximum absolute atomic E-state index is 13.1. The van der Waals surface area contributed by atoms with Crippen LogP contribution in [0.2, 0.25) is 0 Å². The summed E-state index contributed by atoms with van der Waals surface area (Å²) < 4.78 is 1.47. The van der Waals surface area contributed by atoms with Gasteiger partial charge in [-0.2, -0.15) is 0 Å². The maximum Gasteiger partial charge on any atom is 0.263 e. The first kappa shape index (κ1) is 24.9. The van der Waals surface area contributed by atoms with Gasteiger partial charge in [0.15, 0.2) is 0 Å². The van der Waals surface area contributed by atoms with E-state index < -0.39 is 11.5 Å². The number of likely N-dealkylation sites (tertiary alicyclic amines) is 1. The Morgan fingerprint density at radius 2 is 1.89 bits per heavy atom. The van der Waals surface area contributed by atoms with Crippen LogP contribution in [0, 0.1) is 11.8 Å². The van der Waals surface area contributed by atoms with Gasteiger partial charge in [0.2, 0.25) is 0 Å². The Morgan fingerprint density at radius 3 is 2.57 bits per heavy atom. The topological polar surface area (TPSA) is 109 Å². The third kappa shape index (κ3) is 4.94. The predicted octanol–water partition coefficient (Wildman–Crippen LogP) is 1.47. The molecule has 1 saturated carbocycles. The summed E-state index contributed by atoms with van der Waals surface area (Å²) in [6.45, 7) is 7.71. The Kier molecular flexibility index (Phi) is 7.52. The van der Waals surface area contributed by atoms with Gasteiger partial charge in [0, 0.05) is 45.5 Å². The van der Waals surface area contributed by atoms with Gasteiger partial charge in [0.1, 0.15) is 5.56 Å². The summed E-state index contributed by atoms with van der Waals surface area (Å²) in [5.74, 6) is 0.145. The van der Waals surface area contributed by atoms with E-state index in [2.05, 4.69) is 33.8 Å². The van der Waals surface area contributed by atoms with E-state index in [1.165, 1.54) is 23.2 Å². The molecule has 8 nitrogen and oxygen atoms in total. The number of carbonyl (C=O) groups is 2. The van der Waals surface area contributed by atoms with Crippen LogP contribution in [0.1, 0.15) is 51.3 Å². The molecule has 0 bridgehead atoms. The number of benzene rings is 1. The second-order valence-electron chi connectivity index (χ2n) is 9.13. The number of carbonyl (C=O) groups excluding carboxylic acids is 2. The number of aromatic nitrogens is 1. The number of allylic oxidation sites excluding steroid dienone is 1. The highest BCUT2D eigenvalue weighted by Gasteiger charge is 2.56. The van der Waals surface area contributed by atoms with E-state index in [-0.39, 0.29) is 17.5 Å². The van der Waals surface area contributed by atoms with Crippen molar-refractivity contribution in [3.05, 3.63) is 74.7 Å². The van der Waals surface area contributed by atoms with E-state index in [1.54, 1.807) is 6.20 Å². The van der Waals surface area contributed by atoms with Crippen molar-refractivity contribution in [1.29, 1.82) is 0 Å². The van der Waals surface area contributed by atoms with Crippen LogP contribution in [-0.2, 0) is 13.0 Å². The zero-order valence-corrected chi connectivity index (χ0v) is 20.7. The van der Waals surface area contributed by atoms with Crippen molar-refractivity contribution in [3.63, 3.8) is 0 Å². The van der Waals surface area contributed by atoms with E-state index in [0.717, 1.165) is 37.2 Å². The van der Waals surface area contributed by atoms with Gasteiger partial charge in [-0.25, -0.2) is 0 Å². The van der Waals surface area contributed by atoms with Crippen LogP contribution in [-0.4, -0.2) is 60.5 Å². The Labute approximate surface area is 206 Å². The third-order valence-electron chi connectivity index (χ3n) is 7.08. The molecule has 186 valence electrons. The van der Waals surface area contributed by atoms with Crippen LogP contribution < -0.4 is 21.9 Å². The van der Waals surface area contributed by atoms with Crippen LogP contribution in [0.25, 0.3) is 6.08 Å². The SMILES string of the molecule is CC.CNC(=O)c1cc(C(=O)NC2C3CN(CCN)CC32)cn(Cc2cccc3c2C=CC3)c1=O. The fraction of sp³-hybridized carbons (Fsp3) is 0.444. The summed E-state index contributed by atoms with van der Waals surface area (Å²) in [4.78, 5) is 40.9. The Morgan fingerprint density at radius 1 is 1.14 bits per heavy atom. The molecule has 35 heavy (non-hydrogen) atoms. The van der Waals surface area contributed by atoms with Gasteiger partial charge in [0.05, 0.1) is 12.1 Å². The lowest BCUT2D eigenvalue weighted by atomic mass is 10.0. The third-order valence-corrected chi connectivity index (χ3v) is 7.08. The van der Waals surface area contributed by atoms with Crippen molar-refractivity contribution < 1.29 is 9.59 Å². The summed E-state index contributed by atoms with van der Waals surface area (Å²) in [6, 6.07) is 7.57. The molecule has 2 aliphatic carbocycles. The van der Waals surface area contributed by atoms with E-state index in [0.29, 0.717) is 30.5 Å². The molecule has 1 saturated heterocycles. The normalized spacial score (nSPS) is 21.5. The summed E-state index contributed by atoms with van der Waals surface area (Å²) in [5, 5.41) is 5.63. The highest BCUT2D eigenvalue weighted by atomic mass is 16.2. The molecule has 1 aromatic carbocycles. The van der Waals surface area contributed by atoms with Crippen molar-refractivity contribution >= 4 is 17.9 Å². The summed E-state index contributed by atoms with van der Waals surface area (Å²) in [7, 11) is 1.48. The number of pyridine rings is 1. The lowest BCUT2D eigenvalue weighted by Crippen LogP contribution is -2.38. The molecule has 2 aromatic rings. The first-order valence-corrected chi connectivity index (χ1v) is 12.5. The first-order chi connectivity index (χ1) is 17.0. The lowest BCUT2D eigenvalue weighted by Gasteiger charge is -2.19. The molecule has 2 heterocycles. The van der Waals surface area contributed by atoms with E-state index in [4.69, 9.17) is 5.73 Å². The van der Waals surface area contributed by atoms with Gasteiger partial charge >= 0.3 is 0 Å². The van der Waals surface area contributed by atoms with Crippen molar-refractivity contribution in [1.82, 2.24) is 20.1 Å². The smallest absolute Gasteiger partial charge is 0.263 e. The number of piperidine rings is 1. The summed E-state index contributed by atoms with van der Waals surface area (Å²) in [5.41, 5.74) is 8.83. The van der Waals surface area contributed by atoms with Crippen molar-refractivity contribution in [3.8, 4) is 0 Å².